The van der Waals surface area contributed by atoms with E-state index in [4.69, 9.17) is 4.74 Å². The first kappa shape index (κ1) is 18.2. The van der Waals surface area contributed by atoms with E-state index in [-0.39, 0.29) is 11.5 Å². The molecule has 1 aliphatic rings. The Morgan fingerprint density at radius 3 is 2.25 bits per heavy atom. The lowest BCUT2D eigenvalue weighted by atomic mass is 10.2. The summed E-state index contributed by atoms with van der Waals surface area (Å²) in [4.78, 5) is 27.6. The van der Waals surface area contributed by atoms with E-state index in [9.17, 15) is 18.4 Å². The Morgan fingerprint density at radius 2 is 1.62 bits per heavy atom. The predicted octanol–water partition coefficient (Wildman–Crippen LogP) is 3.05. The van der Waals surface area contributed by atoms with Crippen molar-refractivity contribution in [1.29, 1.82) is 0 Å². The second-order valence-electron chi connectivity index (χ2n) is 6.74. The molecule has 0 radical (unpaired) electrons. The smallest absolute Gasteiger partial charge is 0.410 e. The van der Waals surface area contributed by atoms with Crippen LogP contribution in [0, 0.1) is 11.6 Å². The van der Waals surface area contributed by atoms with Crippen LogP contribution in [0.3, 0.4) is 0 Å². The highest BCUT2D eigenvalue weighted by Gasteiger charge is 2.26. The molecule has 1 heterocycles. The fourth-order valence-corrected chi connectivity index (χ4v) is 2.44. The van der Waals surface area contributed by atoms with E-state index in [1.165, 1.54) is 11.0 Å². The molecule has 24 heavy (non-hydrogen) atoms. The molecule has 0 atom stereocenters. The van der Waals surface area contributed by atoms with Crippen molar-refractivity contribution in [3.8, 4) is 0 Å². The highest BCUT2D eigenvalue weighted by atomic mass is 19.2. The minimum Gasteiger partial charge on any atom is -0.444 e. The number of hydrogen-bond acceptors (Lipinski definition) is 3. The minimum absolute atomic E-state index is 0.0969. The zero-order valence-electron chi connectivity index (χ0n) is 14.1. The standard InChI is InChI=1S/C17H22F2N2O3/c1-17(2,3)24-16(23)21-8-4-7-20(9-10-21)15(22)12-5-6-13(18)14(19)11-12/h5-6,11H,4,7-10H2,1-3H3. The van der Waals surface area contributed by atoms with E-state index in [1.54, 1.807) is 25.7 Å². The van der Waals surface area contributed by atoms with Crippen LogP contribution >= 0.6 is 0 Å². The van der Waals surface area contributed by atoms with Crippen LogP contribution in [-0.4, -0.2) is 53.6 Å². The number of carbonyl (C=O) groups excluding carboxylic acids is 2. The summed E-state index contributed by atoms with van der Waals surface area (Å²) in [5, 5.41) is 0. The molecule has 2 rings (SSSR count). The lowest BCUT2D eigenvalue weighted by molar-refractivity contribution is 0.0255. The van der Waals surface area contributed by atoms with Gasteiger partial charge in [-0.1, -0.05) is 0 Å². The van der Waals surface area contributed by atoms with Crippen molar-refractivity contribution < 1.29 is 23.1 Å². The van der Waals surface area contributed by atoms with E-state index in [1.807, 2.05) is 0 Å². The maximum atomic E-state index is 13.3. The van der Waals surface area contributed by atoms with E-state index in [0.717, 1.165) is 12.1 Å². The molecule has 0 aliphatic carbocycles. The fourth-order valence-electron chi connectivity index (χ4n) is 2.44. The van der Waals surface area contributed by atoms with Crippen molar-refractivity contribution in [1.82, 2.24) is 9.80 Å². The van der Waals surface area contributed by atoms with Crippen molar-refractivity contribution in [2.75, 3.05) is 26.2 Å². The van der Waals surface area contributed by atoms with Crippen LogP contribution in [0.2, 0.25) is 0 Å². The normalized spacial score (nSPS) is 15.9. The highest BCUT2D eigenvalue weighted by molar-refractivity contribution is 5.94. The molecule has 0 aromatic heterocycles. The molecule has 1 fully saturated rings. The summed E-state index contributed by atoms with van der Waals surface area (Å²) in [5.74, 6) is -2.41. The molecular weight excluding hydrogens is 318 g/mol. The quantitative estimate of drug-likeness (QED) is 0.789. The summed E-state index contributed by atoms with van der Waals surface area (Å²) in [5.41, 5.74) is -0.482. The van der Waals surface area contributed by atoms with Gasteiger partial charge in [-0.3, -0.25) is 4.79 Å². The zero-order chi connectivity index (χ0) is 17.9. The molecular formula is C17H22F2N2O3. The molecule has 132 valence electrons. The highest BCUT2D eigenvalue weighted by Crippen LogP contribution is 2.15. The van der Waals surface area contributed by atoms with Gasteiger partial charge in [0.15, 0.2) is 11.6 Å². The fraction of sp³-hybridized carbons (Fsp3) is 0.529. The van der Waals surface area contributed by atoms with E-state index < -0.39 is 23.3 Å². The SMILES string of the molecule is CC(C)(C)OC(=O)N1CCCN(C(=O)c2ccc(F)c(F)c2)CC1. The molecule has 1 aromatic rings. The largest absolute Gasteiger partial charge is 0.444 e. The number of carbonyl (C=O) groups is 2. The maximum Gasteiger partial charge on any atom is 0.410 e. The molecule has 1 saturated heterocycles. The zero-order valence-corrected chi connectivity index (χ0v) is 14.1. The lowest BCUT2D eigenvalue weighted by Crippen LogP contribution is -2.40. The molecule has 0 N–H and O–H groups in total. The predicted molar refractivity (Wildman–Crippen MR) is 84.7 cm³/mol. The van der Waals surface area contributed by atoms with Crippen LogP contribution in [0.1, 0.15) is 37.6 Å². The van der Waals surface area contributed by atoms with Gasteiger partial charge in [0.05, 0.1) is 0 Å². The van der Waals surface area contributed by atoms with Crippen LogP contribution in [0.4, 0.5) is 13.6 Å². The van der Waals surface area contributed by atoms with Crippen molar-refractivity contribution in [3.05, 3.63) is 35.4 Å². The Bertz CT molecular complexity index is 629. The van der Waals surface area contributed by atoms with Crippen molar-refractivity contribution in [2.24, 2.45) is 0 Å². The summed E-state index contributed by atoms with van der Waals surface area (Å²) in [6.07, 6.45) is 0.180. The Labute approximate surface area is 140 Å². The second-order valence-corrected chi connectivity index (χ2v) is 6.74. The number of rotatable bonds is 1. The minimum atomic E-state index is -1.05. The summed E-state index contributed by atoms with van der Waals surface area (Å²) in [6.45, 7) is 6.96. The molecule has 5 nitrogen and oxygen atoms in total. The first-order chi connectivity index (χ1) is 11.2. The lowest BCUT2D eigenvalue weighted by Gasteiger charge is -2.26. The van der Waals surface area contributed by atoms with E-state index in [2.05, 4.69) is 0 Å². The van der Waals surface area contributed by atoms with Crippen molar-refractivity contribution in [2.45, 2.75) is 32.8 Å². The van der Waals surface area contributed by atoms with E-state index in [0.29, 0.717) is 32.6 Å². The number of hydrogen-bond donors (Lipinski definition) is 0. The van der Waals surface area contributed by atoms with Gasteiger partial charge in [0.1, 0.15) is 5.60 Å². The molecule has 7 heteroatoms. The Hall–Kier alpha value is -2.18. The molecule has 0 spiro atoms. The van der Waals surface area contributed by atoms with Crippen LogP contribution in [0.5, 0.6) is 0 Å². The van der Waals surface area contributed by atoms with Gasteiger partial charge < -0.3 is 14.5 Å². The van der Waals surface area contributed by atoms with Gasteiger partial charge in [0.2, 0.25) is 0 Å². The van der Waals surface area contributed by atoms with Gasteiger partial charge in [-0.25, -0.2) is 13.6 Å². The monoisotopic (exact) mass is 340 g/mol. The average Bonchev–Trinajstić information content (AvgIpc) is 2.73. The number of nitrogens with zero attached hydrogens (tertiary/aromatic N) is 2. The Kier molecular flexibility index (Phi) is 5.41. The summed E-state index contributed by atoms with van der Waals surface area (Å²) in [7, 11) is 0. The summed E-state index contributed by atoms with van der Waals surface area (Å²) in [6, 6.07) is 3.10. The van der Waals surface area contributed by atoms with Gasteiger partial charge in [-0.2, -0.15) is 0 Å². The van der Waals surface area contributed by atoms with Crippen molar-refractivity contribution in [3.63, 3.8) is 0 Å². The van der Waals surface area contributed by atoms with E-state index >= 15 is 0 Å². The van der Waals surface area contributed by atoms with Gasteiger partial charge in [0.25, 0.3) is 5.91 Å². The first-order valence-electron chi connectivity index (χ1n) is 7.89. The van der Waals surface area contributed by atoms with Crippen LogP contribution in [-0.2, 0) is 4.74 Å². The maximum absolute atomic E-state index is 13.3. The number of ether oxygens (including phenoxy) is 1. The number of benzene rings is 1. The van der Waals surface area contributed by atoms with Gasteiger partial charge in [0, 0.05) is 31.7 Å². The molecule has 1 aliphatic heterocycles. The topological polar surface area (TPSA) is 49.9 Å². The summed E-state index contributed by atoms with van der Waals surface area (Å²) < 4.78 is 31.6. The molecule has 1 aromatic carbocycles. The van der Waals surface area contributed by atoms with Crippen LogP contribution in [0.25, 0.3) is 0 Å². The molecule has 0 saturated carbocycles. The molecule has 0 bridgehead atoms. The first-order valence-corrected chi connectivity index (χ1v) is 7.89. The third-order valence-corrected chi connectivity index (χ3v) is 3.60. The summed E-state index contributed by atoms with van der Waals surface area (Å²) >= 11 is 0. The molecule has 2 amide bonds. The van der Waals surface area contributed by atoms with Gasteiger partial charge >= 0.3 is 6.09 Å². The van der Waals surface area contributed by atoms with Crippen LogP contribution < -0.4 is 0 Å². The third-order valence-electron chi connectivity index (χ3n) is 3.60. The van der Waals surface area contributed by atoms with Gasteiger partial charge in [-0.05, 0) is 45.4 Å². The van der Waals surface area contributed by atoms with Gasteiger partial charge in [-0.15, -0.1) is 0 Å². The number of amides is 2. The third kappa shape index (κ3) is 4.66. The van der Waals surface area contributed by atoms with Crippen LogP contribution in [0.15, 0.2) is 18.2 Å². The van der Waals surface area contributed by atoms with Crippen molar-refractivity contribution >= 4 is 12.0 Å². The second kappa shape index (κ2) is 7.15. The average molecular weight is 340 g/mol. The Balaban J connectivity index is 2.01. The number of halogens is 2. The Morgan fingerprint density at radius 1 is 1.00 bits per heavy atom. The molecule has 0 unspecified atom stereocenters.